The molecule has 2 N–H and O–H groups in total. The van der Waals surface area contributed by atoms with E-state index in [0.717, 1.165) is 18.5 Å². The fourth-order valence-electron chi connectivity index (χ4n) is 1.68. The van der Waals surface area contributed by atoms with Gasteiger partial charge in [0, 0.05) is 19.2 Å². The van der Waals surface area contributed by atoms with E-state index in [4.69, 9.17) is 0 Å². The molecular formula is C14H21N3O2. The Kier molecular flexibility index (Phi) is 6.02. The van der Waals surface area contributed by atoms with Gasteiger partial charge in [-0.3, -0.25) is 5.01 Å². The number of carbonyl (C=O) groups is 1. The number of hydrogen-bond acceptors (Lipinski definition) is 4. The first kappa shape index (κ1) is 15.2. The summed E-state index contributed by atoms with van der Waals surface area (Å²) in [6, 6.07) is 7.50. The molecule has 0 amide bonds. The zero-order valence-corrected chi connectivity index (χ0v) is 11.7. The smallest absolute Gasteiger partial charge is 0.356 e. The standard InChI is InChI=1S/C14H21N3O2/c1-4-17(3)16-13(14(18)19)12-8-6-5-7-11(12)9-10-15-2/h5-8,15H,4,9-10H2,1-3H3,(H,18,19). The van der Waals surface area contributed by atoms with Crippen molar-refractivity contribution in [3.8, 4) is 0 Å². The lowest BCUT2D eigenvalue weighted by Gasteiger charge is -2.14. The highest BCUT2D eigenvalue weighted by atomic mass is 16.4. The zero-order valence-electron chi connectivity index (χ0n) is 11.7. The van der Waals surface area contributed by atoms with Gasteiger partial charge in [0.1, 0.15) is 0 Å². The van der Waals surface area contributed by atoms with E-state index in [1.165, 1.54) is 0 Å². The predicted octanol–water partition coefficient (Wildman–Crippen LogP) is 1.19. The van der Waals surface area contributed by atoms with Crippen molar-refractivity contribution in [1.82, 2.24) is 10.3 Å². The monoisotopic (exact) mass is 263 g/mol. The third kappa shape index (κ3) is 4.37. The van der Waals surface area contributed by atoms with Crippen LogP contribution in [0.15, 0.2) is 29.4 Å². The number of hydrazone groups is 1. The summed E-state index contributed by atoms with van der Waals surface area (Å²) in [6.45, 7) is 3.39. The Morgan fingerprint density at radius 2 is 2.11 bits per heavy atom. The molecule has 0 aliphatic heterocycles. The first-order chi connectivity index (χ1) is 9.10. The van der Waals surface area contributed by atoms with Gasteiger partial charge in [-0.2, -0.15) is 5.10 Å². The molecule has 0 aromatic heterocycles. The second kappa shape index (κ2) is 7.53. The number of aliphatic carboxylic acids is 1. The summed E-state index contributed by atoms with van der Waals surface area (Å²) < 4.78 is 0. The van der Waals surface area contributed by atoms with Crippen LogP contribution in [0.3, 0.4) is 0 Å². The van der Waals surface area contributed by atoms with Gasteiger partial charge in [-0.05, 0) is 32.5 Å². The topological polar surface area (TPSA) is 64.9 Å². The molecule has 0 spiro atoms. The molecule has 19 heavy (non-hydrogen) atoms. The molecule has 5 nitrogen and oxygen atoms in total. The van der Waals surface area contributed by atoms with Gasteiger partial charge >= 0.3 is 5.97 Å². The zero-order chi connectivity index (χ0) is 14.3. The summed E-state index contributed by atoms with van der Waals surface area (Å²) in [5, 5.41) is 18.2. The van der Waals surface area contributed by atoms with Crippen molar-refractivity contribution in [2.75, 3.05) is 27.2 Å². The summed E-state index contributed by atoms with van der Waals surface area (Å²) in [7, 11) is 3.64. The van der Waals surface area contributed by atoms with Crippen molar-refractivity contribution in [2.24, 2.45) is 5.10 Å². The summed E-state index contributed by atoms with van der Waals surface area (Å²) in [4.78, 5) is 11.4. The lowest BCUT2D eigenvalue weighted by Crippen LogP contribution is -2.23. The summed E-state index contributed by atoms with van der Waals surface area (Å²) >= 11 is 0. The van der Waals surface area contributed by atoms with Crippen LogP contribution in [0.2, 0.25) is 0 Å². The predicted molar refractivity (Wildman–Crippen MR) is 76.5 cm³/mol. The van der Waals surface area contributed by atoms with E-state index in [1.807, 2.05) is 32.2 Å². The van der Waals surface area contributed by atoms with Crippen molar-refractivity contribution in [1.29, 1.82) is 0 Å². The minimum atomic E-state index is -1.00. The largest absolute Gasteiger partial charge is 0.476 e. The summed E-state index contributed by atoms with van der Waals surface area (Å²) in [6.07, 6.45) is 0.773. The second-order valence-electron chi connectivity index (χ2n) is 4.24. The lowest BCUT2D eigenvalue weighted by atomic mass is 10.0. The van der Waals surface area contributed by atoms with Crippen LogP contribution in [0.4, 0.5) is 0 Å². The lowest BCUT2D eigenvalue weighted by molar-refractivity contribution is -0.129. The maximum Gasteiger partial charge on any atom is 0.356 e. The first-order valence-electron chi connectivity index (χ1n) is 6.36. The SMILES string of the molecule is CCN(C)N=C(C(=O)O)c1ccccc1CCNC. The molecule has 1 rings (SSSR count). The van der Waals surface area contributed by atoms with Gasteiger partial charge < -0.3 is 10.4 Å². The third-order valence-electron chi connectivity index (χ3n) is 2.85. The van der Waals surface area contributed by atoms with Crippen LogP contribution in [0.25, 0.3) is 0 Å². The number of likely N-dealkylation sites (N-methyl/N-ethyl adjacent to an activating group) is 1. The number of nitrogens with zero attached hydrogens (tertiary/aromatic N) is 2. The van der Waals surface area contributed by atoms with Crippen molar-refractivity contribution >= 4 is 11.7 Å². The second-order valence-corrected chi connectivity index (χ2v) is 4.24. The van der Waals surface area contributed by atoms with Gasteiger partial charge in [0.15, 0.2) is 5.71 Å². The maximum absolute atomic E-state index is 11.4. The Morgan fingerprint density at radius 1 is 1.42 bits per heavy atom. The molecule has 0 radical (unpaired) electrons. The Balaban J connectivity index is 3.15. The highest BCUT2D eigenvalue weighted by molar-refractivity contribution is 6.42. The van der Waals surface area contributed by atoms with Gasteiger partial charge in [-0.1, -0.05) is 24.3 Å². The van der Waals surface area contributed by atoms with E-state index in [1.54, 1.807) is 18.1 Å². The van der Waals surface area contributed by atoms with Gasteiger partial charge in [-0.15, -0.1) is 0 Å². The Morgan fingerprint density at radius 3 is 2.68 bits per heavy atom. The fourth-order valence-corrected chi connectivity index (χ4v) is 1.68. The Hall–Kier alpha value is -1.88. The van der Waals surface area contributed by atoms with Crippen LogP contribution in [0.1, 0.15) is 18.1 Å². The van der Waals surface area contributed by atoms with E-state index >= 15 is 0 Å². The number of hydrogen-bond donors (Lipinski definition) is 2. The number of benzene rings is 1. The van der Waals surface area contributed by atoms with Crippen molar-refractivity contribution < 1.29 is 9.90 Å². The van der Waals surface area contributed by atoms with Gasteiger partial charge in [-0.25, -0.2) is 4.79 Å². The van der Waals surface area contributed by atoms with Crippen LogP contribution in [-0.2, 0) is 11.2 Å². The molecule has 0 saturated carbocycles. The van der Waals surface area contributed by atoms with Crippen LogP contribution >= 0.6 is 0 Å². The quantitative estimate of drug-likeness (QED) is 0.573. The number of nitrogens with one attached hydrogen (secondary N) is 1. The van der Waals surface area contributed by atoms with Gasteiger partial charge in [0.25, 0.3) is 0 Å². The highest BCUT2D eigenvalue weighted by Gasteiger charge is 2.16. The first-order valence-corrected chi connectivity index (χ1v) is 6.36. The van der Waals surface area contributed by atoms with Crippen LogP contribution < -0.4 is 5.32 Å². The van der Waals surface area contributed by atoms with E-state index in [-0.39, 0.29) is 5.71 Å². The molecule has 0 aliphatic rings. The van der Waals surface area contributed by atoms with E-state index < -0.39 is 5.97 Å². The van der Waals surface area contributed by atoms with E-state index in [9.17, 15) is 9.90 Å². The molecule has 0 fully saturated rings. The Bertz CT molecular complexity index is 458. The number of rotatable bonds is 7. The molecule has 0 heterocycles. The minimum Gasteiger partial charge on any atom is -0.476 e. The molecular weight excluding hydrogens is 242 g/mol. The molecule has 0 bridgehead atoms. The molecule has 1 aromatic rings. The van der Waals surface area contributed by atoms with Crippen LogP contribution in [-0.4, -0.2) is 49.0 Å². The van der Waals surface area contributed by atoms with Gasteiger partial charge in [0.2, 0.25) is 0 Å². The minimum absolute atomic E-state index is 0.0936. The Labute approximate surface area is 113 Å². The van der Waals surface area contributed by atoms with Crippen molar-refractivity contribution in [3.63, 3.8) is 0 Å². The molecule has 5 heteroatoms. The van der Waals surface area contributed by atoms with Crippen LogP contribution in [0, 0.1) is 0 Å². The molecule has 0 aliphatic carbocycles. The van der Waals surface area contributed by atoms with Crippen molar-refractivity contribution in [2.45, 2.75) is 13.3 Å². The fraction of sp³-hybridized carbons (Fsp3) is 0.429. The third-order valence-corrected chi connectivity index (χ3v) is 2.85. The number of carboxylic acid groups (broad SMARTS) is 1. The average Bonchev–Trinajstić information content (AvgIpc) is 2.42. The maximum atomic E-state index is 11.4. The summed E-state index contributed by atoms with van der Waals surface area (Å²) in [5.41, 5.74) is 1.77. The van der Waals surface area contributed by atoms with Crippen molar-refractivity contribution in [3.05, 3.63) is 35.4 Å². The van der Waals surface area contributed by atoms with E-state index in [0.29, 0.717) is 12.1 Å². The summed E-state index contributed by atoms with van der Waals surface area (Å²) in [5.74, 6) is -1.00. The molecule has 104 valence electrons. The average molecular weight is 263 g/mol. The highest BCUT2D eigenvalue weighted by Crippen LogP contribution is 2.12. The molecule has 0 atom stereocenters. The number of carboxylic acids is 1. The molecule has 0 unspecified atom stereocenters. The molecule has 0 saturated heterocycles. The van der Waals surface area contributed by atoms with E-state index in [2.05, 4.69) is 10.4 Å². The van der Waals surface area contributed by atoms with Crippen LogP contribution in [0.5, 0.6) is 0 Å². The van der Waals surface area contributed by atoms with Gasteiger partial charge in [0.05, 0.1) is 0 Å². The molecule has 1 aromatic carbocycles. The normalized spacial score (nSPS) is 11.4.